The van der Waals surface area contributed by atoms with Gasteiger partial charge in [-0.2, -0.15) is 4.98 Å². The number of ether oxygens (including phenoxy) is 1. The lowest BCUT2D eigenvalue weighted by Crippen LogP contribution is -2.14. The molecule has 0 bridgehead atoms. The van der Waals surface area contributed by atoms with E-state index in [2.05, 4.69) is 15.2 Å². The number of benzene rings is 1. The van der Waals surface area contributed by atoms with Crippen molar-refractivity contribution in [3.8, 4) is 11.8 Å². The van der Waals surface area contributed by atoms with Gasteiger partial charge in [-0.1, -0.05) is 17.3 Å². The van der Waals surface area contributed by atoms with E-state index >= 15 is 0 Å². The first kappa shape index (κ1) is 11.9. The smallest absolute Gasteiger partial charge is 0.341 e. The van der Waals surface area contributed by atoms with Crippen LogP contribution in [0.1, 0.15) is 11.1 Å². The quantitative estimate of drug-likeness (QED) is 0.365. The van der Waals surface area contributed by atoms with Gasteiger partial charge >= 0.3 is 6.01 Å². The van der Waals surface area contributed by atoms with Gasteiger partial charge in [0.05, 0.1) is 5.56 Å². The predicted molar refractivity (Wildman–Crippen MR) is 64.8 cm³/mol. The minimum atomic E-state index is -0.0235. The molecule has 7 heteroatoms. The topological polar surface area (TPSA) is 98.5 Å². The molecule has 0 saturated carbocycles. The van der Waals surface area contributed by atoms with Crippen LogP contribution in [0.25, 0.3) is 0 Å². The third-order valence-electron chi connectivity index (χ3n) is 2.37. The summed E-state index contributed by atoms with van der Waals surface area (Å²) in [6.45, 7) is 1.85. The van der Waals surface area contributed by atoms with Gasteiger partial charge in [-0.15, -0.1) is 5.10 Å². The van der Waals surface area contributed by atoms with Crippen molar-refractivity contribution >= 4 is 5.84 Å². The van der Waals surface area contributed by atoms with Crippen LogP contribution in [-0.2, 0) is 7.05 Å². The number of hydrogen-bond donors (Lipinski definition) is 2. The summed E-state index contributed by atoms with van der Waals surface area (Å²) in [5, 5.41) is 15.7. The largest absolute Gasteiger partial charge is 0.422 e. The SMILES string of the molecule is Cc1cccc(/C(N)=N/O)c1Oc1ncn(C)n1. The molecule has 0 unspecified atom stereocenters. The summed E-state index contributed by atoms with van der Waals surface area (Å²) in [6.07, 6.45) is 1.52. The molecule has 2 aromatic rings. The minimum Gasteiger partial charge on any atom is -0.422 e. The zero-order valence-corrected chi connectivity index (χ0v) is 10.0. The second kappa shape index (κ2) is 4.74. The Morgan fingerprint density at radius 3 is 2.89 bits per heavy atom. The lowest BCUT2D eigenvalue weighted by atomic mass is 10.1. The van der Waals surface area contributed by atoms with Gasteiger partial charge in [0, 0.05) is 7.05 Å². The van der Waals surface area contributed by atoms with Crippen molar-refractivity contribution in [1.82, 2.24) is 14.8 Å². The Bertz CT molecular complexity index is 591. The molecule has 0 radical (unpaired) electrons. The normalized spacial score (nSPS) is 11.6. The second-order valence-corrected chi connectivity index (χ2v) is 3.74. The predicted octanol–water partition coefficient (Wildman–Crippen LogP) is 1.01. The number of rotatable bonds is 3. The van der Waals surface area contributed by atoms with E-state index in [9.17, 15) is 0 Å². The molecule has 0 saturated heterocycles. The van der Waals surface area contributed by atoms with Crippen LogP contribution in [0.2, 0.25) is 0 Å². The zero-order chi connectivity index (χ0) is 13.1. The van der Waals surface area contributed by atoms with Gasteiger partial charge in [-0.3, -0.25) is 4.68 Å². The molecule has 0 spiro atoms. The molecule has 3 N–H and O–H groups in total. The molecule has 7 nitrogen and oxygen atoms in total. The molecule has 0 fully saturated rings. The molecule has 0 aliphatic carbocycles. The molecular weight excluding hydrogens is 234 g/mol. The van der Waals surface area contributed by atoms with E-state index in [1.807, 2.05) is 13.0 Å². The fourth-order valence-corrected chi connectivity index (χ4v) is 1.50. The van der Waals surface area contributed by atoms with Crippen LogP contribution in [0.15, 0.2) is 29.7 Å². The molecule has 0 aliphatic rings. The van der Waals surface area contributed by atoms with E-state index in [-0.39, 0.29) is 11.8 Å². The molecule has 2 rings (SSSR count). The fraction of sp³-hybridized carbons (Fsp3) is 0.182. The third-order valence-corrected chi connectivity index (χ3v) is 2.37. The van der Waals surface area contributed by atoms with Gasteiger partial charge < -0.3 is 15.7 Å². The van der Waals surface area contributed by atoms with Crippen molar-refractivity contribution < 1.29 is 9.94 Å². The number of aromatic nitrogens is 3. The van der Waals surface area contributed by atoms with Crippen LogP contribution in [0.4, 0.5) is 0 Å². The third kappa shape index (κ3) is 2.24. The first-order valence-electron chi connectivity index (χ1n) is 5.23. The second-order valence-electron chi connectivity index (χ2n) is 3.74. The highest BCUT2D eigenvalue weighted by Gasteiger charge is 2.13. The van der Waals surface area contributed by atoms with Crippen LogP contribution in [0.3, 0.4) is 0 Å². The van der Waals surface area contributed by atoms with E-state index in [1.165, 1.54) is 11.0 Å². The summed E-state index contributed by atoms with van der Waals surface area (Å²) in [6, 6.07) is 5.55. The van der Waals surface area contributed by atoms with Crippen LogP contribution in [0.5, 0.6) is 11.8 Å². The van der Waals surface area contributed by atoms with Crippen molar-refractivity contribution in [1.29, 1.82) is 0 Å². The highest BCUT2D eigenvalue weighted by atomic mass is 16.5. The van der Waals surface area contributed by atoms with Crippen molar-refractivity contribution in [2.24, 2.45) is 17.9 Å². The maximum absolute atomic E-state index is 8.75. The van der Waals surface area contributed by atoms with Crippen LogP contribution >= 0.6 is 0 Å². The Kier molecular flexibility index (Phi) is 3.13. The van der Waals surface area contributed by atoms with Gasteiger partial charge in [0.1, 0.15) is 12.1 Å². The molecule has 1 aromatic carbocycles. The lowest BCUT2D eigenvalue weighted by molar-refractivity contribution is 0.318. The summed E-state index contributed by atoms with van der Waals surface area (Å²) in [5.41, 5.74) is 6.93. The molecule has 0 amide bonds. The molecule has 0 atom stereocenters. The molecule has 1 heterocycles. The lowest BCUT2D eigenvalue weighted by Gasteiger charge is -2.10. The number of hydrogen-bond acceptors (Lipinski definition) is 5. The molecule has 94 valence electrons. The maximum Gasteiger partial charge on any atom is 0.341 e. The molecule has 1 aromatic heterocycles. The molecule has 0 aliphatic heterocycles. The van der Waals surface area contributed by atoms with Gasteiger partial charge in [0.15, 0.2) is 5.84 Å². The van der Waals surface area contributed by atoms with Crippen molar-refractivity contribution in [3.05, 3.63) is 35.7 Å². The summed E-state index contributed by atoms with van der Waals surface area (Å²) in [4.78, 5) is 3.96. The number of amidine groups is 1. The molecular formula is C11H13N5O2. The van der Waals surface area contributed by atoms with Gasteiger partial charge in [-0.25, -0.2) is 0 Å². The van der Waals surface area contributed by atoms with Gasteiger partial charge in [0.25, 0.3) is 0 Å². The van der Waals surface area contributed by atoms with Gasteiger partial charge in [-0.05, 0) is 18.6 Å². The standard InChI is InChI=1S/C11H13N5O2/c1-7-4-3-5-8(10(12)15-17)9(7)18-11-13-6-16(2)14-11/h3-6,17H,1-2H3,(H2,12,15). The maximum atomic E-state index is 8.75. The Hall–Kier alpha value is -2.57. The van der Waals surface area contributed by atoms with Crippen molar-refractivity contribution in [3.63, 3.8) is 0 Å². The number of aryl methyl sites for hydroxylation is 2. The Morgan fingerprint density at radius 1 is 1.50 bits per heavy atom. The number of nitrogens with two attached hydrogens (primary N) is 1. The fourth-order valence-electron chi connectivity index (χ4n) is 1.50. The summed E-state index contributed by atoms with van der Waals surface area (Å²) in [5.74, 6) is 0.448. The Balaban J connectivity index is 2.43. The summed E-state index contributed by atoms with van der Waals surface area (Å²) < 4.78 is 7.09. The highest BCUT2D eigenvalue weighted by molar-refractivity contribution is 6.00. The summed E-state index contributed by atoms with van der Waals surface area (Å²) in [7, 11) is 1.74. The van der Waals surface area contributed by atoms with E-state index < -0.39 is 0 Å². The average molecular weight is 247 g/mol. The minimum absolute atomic E-state index is 0.0235. The van der Waals surface area contributed by atoms with E-state index in [0.29, 0.717) is 11.3 Å². The monoisotopic (exact) mass is 247 g/mol. The first-order valence-corrected chi connectivity index (χ1v) is 5.23. The first-order chi connectivity index (χ1) is 8.61. The number of oxime groups is 1. The van der Waals surface area contributed by atoms with Crippen LogP contribution in [-0.4, -0.2) is 25.8 Å². The Morgan fingerprint density at radius 2 is 2.28 bits per heavy atom. The Labute approximate surface area is 104 Å². The van der Waals surface area contributed by atoms with Crippen molar-refractivity contribution in [2.45, 2.75) is 6.92 Å². The van der Waals surface area contributed by atoms with E-state index in [1.54, 1.807) is 19.2 Å². The van der Waals surface area contributed by atoms with Gasteiger partial charge in [0.2, 0.25) is 0 Å². The summed E-state index contributed by atoms with van der Waals surface area (Å²) >= 11 is 0. The van der Waals surface area contributed by atoms with E-state index in [4.69, 9.17) is 15.7 Å². The average Bonchev–Trinajstić information content (AvgIpc) is 2.76. The zero-order valence-electron chi connectivity index (χ0n) is 10.0. The number of para-hydroxylation sites is 1. The van der Waals surface area contributed by atoms with Crippen LogP contribution < -0.4 is 10.5 Å². The van der Waals surface area contributed by atoms with E-state index in [0.717, 1.165) is 5.56 Å². The van der Waals surface area contributed by atoms with Crippen LogP contribution in [0, 0.1) is 6.92 Å². The van der Waals surface area contributed by atoms with Crippen molar-refractivity contribution in [2.75, 3.05) is 0 Å². The number of nitrogens with zero attached hydrogens (tertiary/aromatic N) is 4. The molecule has 18 heavy (non-hydrogen) atoms. The highest BCUT2D eigenvalue weighted by Crippen LogP contribution is 2.26.